The lowest BCUT2D eigenvalue weighted by atomic mass is 9.74. The summed E-state index contributed by atoms with van der Waals surface area (Å²) >= 11 is 6.02. The molecule has 0 atom stereocenters. The Hall–Kier alpha value is -1.06. The van der Waals surface area contributed by atoms with Crippen molar-refractivity contribution >= 4 is 23.2 Å². The Kier molecular flexibility index (Phi) is 3.93. The van der Waals surface area contributed by atoms with E-state index in [9.17, 15) is 4.79 Å². The van der Waals surface area contributed by atoms with Gasteiger partial charge in [0.05, 0.1) is 5.41 Å². The number of piperidine rings is 1. The van der Waals surface area contributed by atoms with Crippen LogP contribution in [-0.2, 0) is 10.2 Å². The summed E-state index contributed by atoms with van der Waals surface area (Å²) in [5.74, 6) is 0.131. The predicted octanol–water partition coefficient (Wildman–Crippen LogP) is 2.94. The molecular weight excluding hydrogens is 248 g/mol. The summed E-state index contributed by atoms with van der Waals surface area (Å²) in [5.41, 5.74) is 1.66. The number of hydrogen-bond acceptors (Lipinski definition) is 2. The normalized spacial score (nSPS) is 19.8. The molecule has 0 bridgehead atoms. The van der Waals surface area contributed by atoms with Crippen molar-refractivity contribution in [3.05, 3.63) is 28.8 Å². The number of anilines is 1. The first kappa shape index (κ1) is 13.4. The molecule has 0 saturated carbocycles. The Morgan fingerprint density at radius 3 is 2.56 bits per heavy atom. The van der Waals surface area contributed by atoms with E-state index in [1.807, 2.05) is 32.0 Å². The van der Waals surface area contributed by atoms with Crippen LogP contribution in [0.1, 0.15) is 32.3 Å². The van der Waals surface area contributed by atoms with Crippen LogP contribution in [0.25, 0.3) is 0 Å². The molecule has 0 aliphatic carbocycles. The second-order valence-corrected chi connectivity index (χ2v) is 4.91. The third kappa shape index (κ3) is 2.02. The number of benzene rings is 1. The number of halogens is 1. The van der Waals surface area contributed by atoms with Gasteiger partial charge in [0.15, 0.2) is 0 Å². The summed E-state index contributed by atoms with van der Waals surface area (Å²) in [6, 6.07) is 5.65. The predicted molar refractivity (Wildman–Crippen MR) is 75.2 cm³/mol. The van der Waals surface area contributed by atoms with Crippen molar-refractivity contribution in [1.29, 1.82) is 0 Å². The summed E-state index contributed by atoms with van der Waals surface area (Å²) in [6.45, 7) is 5.78. The number of nitrogens with one attached hydrogen (secondary N) is 2. The summed E-state index contributed by atoms with van der Waals surface area (Å²) in [4.78, 5) is 12.1. The second-order valence-electron chi connectivity index (χ2n) is 4.48. The van der Waals surface area contributed by atoms with Crippen molar-refractivity contribution in [1.82, 2.24) is 5.32 Å². The van der Waals surface area contributed by atoms with E-state index in [0.29, 0.717) is 5.02 Å². The standard InChI is InChI=1S/C12H13ClN2O.C2H6/c13-8-1-2-10-9(7-8)12(11(16)15-10)3-5-14-6-4-12;1-2/h1-2,7,14H,3-6H2,(H,15,16);1-2H3. The molecule has 1 amide bonds. The highest BCUT2D eigenvalue weighted by molar-refractivity contribution is 6.31. The van der Waals surface area contributed by atoms with E-state index < -0.39 is 0 Å². The van der Waals surface area contributed by atoms with Gasteiger partial charge in [-0.2, -0.15) is 0 Å². The zero-order chi connectivity index (χ0) is 13.2. The average molecular weight is 267 g/mol. The van der Waals surface area contributed by atoms with Crippen molar-refractivity contribution in [2.75, 3.05) is 18.4 Å². The molecule has 0 aromatic heterocycles. The fourth-order valence-electron chi connectivity index (χ4n) is 2.74. The minimum Gasteiger partial charge on any atom is -0.325 e. The largest absolute Gasteiger partial charge is 0.325 e. The van der Waals surface area contributed by atoms with Gasteiger partial charge in [0.2, 0.25) is 5.91 Å². The maximum absolute atomic E-state index is 12.1. The Labute approximate surface area is 113 Å². The van der Waals surface area contributed by atoms with E-state index in [1.54, 1.807) is 0 Å². The molecule has 1 spiro atoms. The van der Waals surface area contributed by atoms with Crippen LogP contribution in [0.3, 0.4) is 0 Å². The molecule has 98 valence electrons. The van der Waals surface area contributed by atoms with Crippen molar-refractivity contribution in [3.8, 4) is 0 Å². The van der Waals surface area contributed by atoms with Gasteiger partial charge in [-0.3, -0.25) is 4.79 Å². The summed E-state index contributed by atoms with van der Waals surface area (Å²) in [7, 11) is 0. The van der Waals surface area contributed by atoms with Crippen LogP contribution in [0.5, 0.6) is 0 Å². The third-order valence-corrected chi connectivity index (χ3v) is 3.87. The molecule has 18 heavy (non-hydrogen) atoms. The number of rotatable bonds is 0. The van der Waals surface area contributed by atoms with E-state index in [0.717, 1.165) is 37.2 Å². The van der Waals surface area contributed by atoms with Gasteiger partial charge >= 0.3 is 0 Å². The van der Waals surface area contributed by atoms with Crippen molar-refractivity contribution in [2.24, 2.45) is 0 Å². The molecule has 2 aliphatic rings. The molecule has 3 nitrogen and oxygen atoms in total. The molecule has 2 aliphatic heterocycles. The van der Waals surface area contributed by atoms with Crippen molar-refractivity contribution in [2.45, 2.75) is 32.1 Å². The SMILES string of the molecule is CC.O=C1Nc2ccc(Cl)cc2C12CCNCC2. The minimum atomic E-state index is -0.342. The number of carbonyl (C=O) groups is 1. The smallest absolute Gasteiger partial charge is 0.235 e. The van der Waals surface area contributed by atoms with Crippen LogP contribution < -0.4 is 10.6 Å². The first-order valence-corrected chi connectivity index (χ1v) is 6.92. The minimum absolute atomic E-state index is 0.131. The van der Waals surface area contributed by atoms with E-state index >= 15 is 0 Å². The molecule has 2 heterocycles. The first-order chi connectivity index (χ1) is 8.72. The fraction of sp³-hybridized carbons (Fsp3) is 0.500. The average Bonchev–Trinajstić information content (AvgIpc) is 2.67. The van der Waals surface area contributed by atoms with Crippen molar-refractivity contribution in [3.63, 3.8) is 0 Å². The maximum atomic E-state index is 12.1. The quantitative estimate of drug-likeness (QED) is 0.758. The van der Waals surface area contributed by atoms with Crippen LogP contribution in [0.2, 0.25) is 5.02 Å². The second kappa shape index (κ2) is 5.29. The lowest BCUT2D eigenvalue weighted by Crippen LogP contribution is -2.44. The summed E-state index contributed by atoms with van der Waals surface area (Å²) in [5, 5.41) is 6.95. The van der Waals surface area contributed by atoms with E-state index in [1.165, 1.54) is 0 Å². The Bertz CT molecular complexity index is 453. The van der Waals surface area contributed by atoms with Crippen LogP contribution >= 0.6 is 11.6 Å². The van der Waals surface area contributed by atoms with Gasteiger partial charge < -0.3 is 10.6 Å². The summed E-state index contributed by atoms with van der Waals surface area (Å²) < 4.78 is 0. The number of hydrogen-bond donors (Lipinski definition) is 2. The molecule has 1 saturated heterocycles. The van der Waals surface area contributed by atoms with Gasteiger partial charge in [-0.25, -0.2) is 0 Å². The van der Waals surface area contributed by atoms with E-state index in [2.05, 4.69) is 10.6 Å². The highest BCUT2D eigenvalue weighted by Crippen LogP contribution is 2.44. The van der Waals surface area contributed by atoms with Gasteiger partial charge in [0.1, 0.15) is 0 Å². The number of fused-ring (bicyclic) bond motifs is 2. The zero-order valence-electron chi connectivity index (χ0n) is 10.8. The van der Waals surface area contributed by atoms with Gasteiger partial charge in [-0.15, -0.1) is 0 Å². The van der Waals surface area contributed by atoms with Gasteiger partial charge in [-0.05, 0) is 49.7 Å². The van der Waals surface area contributed by atoms with Gasteiger partial charge in [-0.1, -0.05) is 25.4 Å². The molecule has 1 fully saturated rings. The lowest BCUT2D eigenvalue weighted by molar-refractivity contribution is -0.121. The van der Waals surface area contributed by atoms with Crippen LogP contribution in [0.15, 0.2) is 18.2 Å². The Balaban J connectivity index is 0.000000574. The summed E-state index contributed by atoms with van der Waals surface area (Å²) in [6.07, 6.45) is 1.71. The van der Waals surface area contributed by atoms with Crippen LogP contribution in [0.4, 0.5) is 5.69 Å². The lowest BCUT2D eigenvalue weighted by Gasteiger charge is -2.32. The topological polar surface area (TPSA) is 41.1 Å². The van der Waals surface area contributed by atoms with E-state index in [4.69, 9.17) is 11.6 Å². The molecule has 1 aromatic rings. The van der Waals surface area contributed by atoms with Gasteiger partial charge in [0.25, 0.3) is 0 Å². The molecule has 0 radical (unpaired) electrons. The molecule has 1 aromatic carbocycles. The molecule has 4 heteroatoms. The van der Waals surface area contributed by atoms with Crippen molar-refractivity contribution < 1.29 is 4.79 Å². The third-order valence-electron chi connectivity index (χ3n) is 3.64. The Morgan fingerprint density at radius 1 is 1.22 bits per heavy atom. The zero-order valence-corrected chi connectivity index (χ0v) is 11.6. The Morgan fingerprint density at radius 2 is 1.89 bits per heavy atom. The van der Waals surface area contributed by atoms with Crippen LogP contribution in [0, 0.1) is 0 Å². The fourth-order valence-corrected chi connectivity index (χ4v) is 2.91. The molecular formula is C14H19ClN2O. The highest BCUT2D eigenvalue weighted by atomic mass is 35.5. The van der Waals surface area contributed by atoms with Crippen LogP contribution in [-0.4, -0.2) is 19.0 Å². The highest BCUT2D eigenvalue weighted by Gasteiger charge is 2.47. The number of amides is 1. The van der Waals surface area contributed by atoms with E-state index in [-0.39, 0.29) is 11.3 Å². The van der Waals surface area contributed by atoms with Gasteiger partial charge in [0, 0.05) is 10.7 Å². The number of carbonyl (C=O) groups excluding carboxylic acids is 1. The first-order valence-electron chi connectivity index (χ1n) is 6.55. The maximum Gasteiger partial charge on any atom is 0.235 e. The molecule has 3 rings (SSSR count). The molecule has 2 N–H and O–H groups in total. The monoisotopic (exact) mass is 266 g/mol. The molecule has 0 unspecified atom stereocenters.